The molecule has 0 saturated carbocycles. The van der Waals surface area contributed by atoms with Gasteiger partial charge in [-0.15, -0.1) is 0 Å². The molecule has 2 N–H and O–H groups in total. The van der Waals surface area contributed by atoms with Crippen molar-refractivity contribution in [1.82, 2.24) is 0 Å². The number of rotatable bonds is 2. The zero-order chi connectivity index (χ0) is 15.9. The number of benzene rings is 3. The van der Waals surface area contributed by atoms with E-state index in [-0.39, 0.29) is 5.82 Å². The van der Waals surface area contributed by atoms with Gasteiger partial charge in [-0.05, 0) is 30.3 Å². The van der Waals surface area contributed by atoms with Crippen LogP contribution in [0.4, 0.5) is 15.8 Å². The molecular formula is C19H14BrFN2. The first-order chi connectivity index (χ1) is 11.2. The minimum Gasteiger partial charge on any atom is -0.354 e. The van der Waals surface area contributed by atoms with Crippen molar-refractivity contribution in [2.75, 3.05) is 10.6 Å². The molecular weight excluding hydrogens is 355 g/mol. The number of fused-ring (bicyclic) bond motifs is 1. The van der Waals surface area contributed by atoms with E-state index in [1.807, 2.05) is 30.3 Å². The highest BCUT2D eigenvalue weighted by Gasteiger charge is 2.39. The Balaban J connectivity index is 1.89. The molecule has 0 saturated heterocycles. The molecule has 0 aliphatic carbocycles. The van der Waals surface area contributed by atoms with Crippen LogP contribution >= 0.6 is 15.9 Å². The molecule has 0 radical (unpaired) electrons. The molecule has 0 amide bonds. The Kier molecular flexibility index (Phi) is 3.34. The molecule has 0 aromatic heterocycles. The highest BCUT2D eigenvalue weighted by molar-refractivity contribution is 9.10. The fourth-order valence-corrected chi connectivity index (χ4v) is 3.27. The topological polar surface area (TPSA) is 24.1 Å². The summed E-state index contributed by atoms with van der Waals surface area (Å²) in [7, 11) is 0. The second kappa shape index (κ2) is 5.39. The predicted molar refractivity (Wildman–Crippen MR) is 95.0 cm³/mol. The zero-order valence-corrected chi connectivity index (χ0v) is 13.8. The first kappa shape index (κ1) is 14.3. The van der Waals surface area contributed by atoms with Crippen LogP contribution in [0.3, 0.4) is 0 Å². The summed E-state index contributed by atoms with van der Waals surface area (Å²) in [4.78, 5) is 0. The van der Waals surface area contributed by atoms with Crippen molar-refractivity contribution < 1.29 is 4.39 Å². The quantitative estimate of drug-likeness (QED) is 0.638. The molecule has 4 heteroatoms. The third kappa shape index (κ3) is 2.39. The highest BCUT2D eigenvalue weighted by atomic mass is 79.9. The highest BCUT2D eigenvalue weighted by Crippen LogP contribution is 2.43. The minimum atomic E-state index is -0.613. The summed E-state index contributed by atoms with van der Waals surface area (Å²) < 4.78 is 14.6. The van der Waals surface area contributed by atoms with E-state index < -0.39 is 5.66 Å². The second-order valence-corrected chi connectivity index (χ2v) is 6.48. The molecule has 0 spiro atoms. The van der Waals surface area contributed by atoms with E-state index >= 15 is 0 Å². The van der Waals surface area contributed by atoms with Gasteiger partial charge in [-0.25, -0.2) is 4.39 Å². The number of halogens is 2. The van der Waals surface area contributed by atoms with Gasteiger partial charge in [-0.3, -0.25) is 0 Å². The second-order valence-electron chi connectivity index (χ2n) is 5.56. The van der Waals surface area contributed by atoms with Gasteiger partial charge in [0, 0.05) is 15.6 Å². The van der Waals surface area contributed by atoms with Crippen molar-refractivity contribution in [3.8, 4) is 0 Å². The molecule has 4 rings (SSSR count). The van der Waals surface area contributed by atoms with Crippen LogP contribution in [0, 0.1) is 5.82 Å². The average molecular weight is 369 g/mol. The Morgan fingerprint density at radius 3 is 2.13 bits per heavy atom. The molecule has 0 fully saturated rings. The summed E-state index contributed by atoms with van der Waals surface area (Å²) in [5.74, 6) is -0.252. The molecule has 0 bridgehead atoms. The molecule has 3 aromatic rings. The van der Waals surface area contributed by atoms with E-state index in [1.54, 1.807) is 6.07 Å². The largest absolute Gasteiger partial charge is 0.354 e. The van der Waals surface area contributed by atoms with E-state index in [0.717, 1.165) is 27.0 Å². The number of hydrogen-bond donors (Lipinski definition) is 2. The molecule has 23 heavy (non-hydrogen) atoms. The predicted octanol–water partition coefficient (Wildman–Crippen LogP) is 5.33. The van der Waals surface area contributed by atoms with Crippen LogP contribution in [-0.4, -0.2) is 0 Å². The Morgan fingerprint density at radius 2 is 1.39 bits per heavy atom. The maximum atomic E-state index is 13.6. The molecule has 1 unspecified atom stereocenters. The standard InChI is InChI=1S/C19H14BrFN2/c20-15-8-6-14(7-9-15)19(13-4-2-1-3-5-13)22-17-11-10-16(21)12-18(17)23-19/h1-12,22-23H. The summed E-state index contributed by atoms with van der Waals surface area (Å²) in [5.41, 5.74) is 3.16. The van der Waals surface area contributed by atoms with Gasteiger partial charge in [0.25, 0.3) is 0 Å². The van der Waals surface area contributed by atoms with Gasteiger partial charge in [0.05, 0.1) is 11.4 Å². The van der Waals surface area contributed by atoms with Gasteiger partial charge in [0.2, 0.25) is 0 Å². The first-order valence-electron chi connectivity index (χ1n) is 7.35. The van der Waals surface area contributed by atoms with Gasteiger partial charge >= 0.3 is 0 Å². The van der Waals surface area contributed by atoms with Gasteiger partial charge < -0.3 is 10.6 Å². The van der Waals surface area contributed by atoms with Crippen molar-refractivity contribution in [3.63, 3.8) is 0 Å². The Morgan fingerprint density at radius 1 is 0.739 bits per heavy atom. The average Bonchev–Trinajstić information content (AvgIpc) is 2.96. The van der Waals surface area contributed by atoms with Crippen molar-refractivity contribution in [1.29, 1.82) is 0 Å². The van der Waals surface area contributed by atoms with Crippen LogP contribution in [0.25, 0.3) is 0 Å². The summed E-state index contributed by atoms with van der Waals surface area (Å²) in [5, 5.41) is 7.01. The van der Waals surface area contributed by atoms with E-state index in [0.29, 0.717) is 0 Å². The van der Waals surface area contributed by atoms with Crippen LogP contribution < -0.4 is 10.6 Å². The summed E-state index contributed by atoms with van der Waals surface area (Å²) in [6.45, 7) is 0. The van der Waals surface area contributed by atoms with Gasteiger partial charge in [-0.1, -0.05) is 58.4 Å². The lowest BCUT2D eigenvalue weighted by molar-refractivity contribution is 0.628. The maximum absolute atomic E-state index is 13.6. The summed E-state index contributed by atoms with van der Waals surface area (Å²) >= 11 is 3.48. The van der Waals surface area contributed by atoms with Gasteiger partial charge in [0.15, 0.2) is 5.66 Å². The monoisotopic (exact) mass is 368 g/mol. The summed E-state index contributed by atoms with van der Waals surface area (Å²) in [6.07, 6.45) is 0. The third-order valence-electron chi connectivity index (χ3n) is 4.11. The molecule has 1 heterocycles. The minimum absolute atomic E-state index is 0.252. The van der Waals surface area contributed by atoms with Crippen LogP contribution in [0.2, 0.25) is 0 Å². The lowest BCUT2D eigenvalue weighted by atomic mass is 9.92. The van der Waals surface area contributed by atoms with E-state index in [1.165, 1.54) is 12.1 Å². The van der Waals surface area contributed by atoms with Gasteiger partial charge in [0.1, 0.15) is 5.82 Å². The molecule has 1 aliphatic rings. The summed E-state index contributed by atoms with van der Waals surface area (Å²) in [6, 6.07) is 23.0. The SMILES string of the molecule is Fc1ccc2c(c1)NC(c1ccccc1)(c1ccc(Br)cc1)N2. The van der Waals surface area contributed by atoms with Crippen molar-refractivity contribution in [2.24, 2.45) is 0 Å². The van der Waals surface area contributed by atoms with Gasteiger partial charge in [-0.2, -0.15) is 0 Å². The van der Waals surface area contributed by atoms with Crippen molar-refractivity contribution in [2.45, 2.75) is 5.66 Å². The maximum Gasteiger partial charge on any atom is 0.161 e. The van der Waals surface area contributed by atoms with Crippen molar-refractivity contribution in [3.05, 3.63) is 94.2 Å². The third-order valence-corrected chi connectivity index (χ3v) is 4.64. The molecule has 1 aliphatic heterocycles. The Labute approximate surface area is 142 Å². The Hall–Kier alpha value is -2.33. The molecule has 3 aromatic carbocycles. The van der Waals surface area contributed by atoms with E-state index in [9.17, 15) is 4.39 Å². The Bertz CT molecular complexity index is 849. The first-order valence-corrected chi connectivity index (χ1v) is 8.14. The lowest BCUT2D eigenvalue weighted by Gasteiger charge is -2.32. The molecule has 114 valence electrons. The molecule has 2 nitrogen and oxygen atoms in total. The van der Waals surface area contributed by atoms with Crippen molar-refractivity contribution >= 4 is 27.3 Å². The van der Waals surface area contributed by atoms with Crippen LogP contribution in [0.15, 0.2) is 77.3 Å². The smallest absolute Gasteiger partial charge is 0.161 e. The molecule has 1 atom stereocenters. The zero-order valence-electron chi connectivity index (χ0n) is 12.2. The lowest BCUT2D eigenvalue weighted by Crippen LogP contribution is -2.39. The van der Waals surface area contributed by atoms with Crippen LogP contribution in [0.5, 0.6) is 0 Å². The fraction of sp³-hybridized carbons (Fsp3) is 0.0526. The number of nitrogens with one attached hydrogen (secondary N) is 2. The van der Waals surface area contributed by atoms with Crippen LogP contribution in [-0.2, 0) is 5.66 Å². The van der Waals surface area contributed by atoms with E-state index in [2.05, 4.69) is 50.8 Å². The van der Waals surface area contributed by atoms with E-state index in [4.69, 9.17) is 0 Å². The number of anilines is 2. The number of hydrogen-bond acceptors (Lipinski definition) is 2. The van der Waals surface area contributed by atoms with Crippen LogP contribution in [0.1, 0.15) is 11.1 Å². The fourth-order valence-electron chi connectivity index (χ4n) is 3.01. The normalized spacial score (nSPS) is 18.9.